The van der Waals surface area contributed by atoms with Crippen molar-refractivity contribution >= 4 is 21.9 Å². The average Bonchev–Trinajstić information content (AvgIpc) is 2.61. The maximum atomic E-state index is 13.1. The average molecular weight is 401 g/mol. The second-order valence-corrected chi connectivity index (χ2v) is 9.47. The molecule has 0 N–H and O–H groups in total. The van der Waals surface area contributed by atoms with Crippen molar-refractivity contribution in [3.63, 3.8) is 0 Å². The van der Waals surface area contributed by atoms with Gasteiger partial charge in [-0.1, -0.05) is 0 Å². The summed E-state index contributed by atoms with van der Waals surface area (Å²) in [4.78, 5) is 13.1. The lowest BCUT2D eigenvalue weighted by Crippen LogP contribution is -2.38. The summed E-state index contributed by atoms with van der Waals surface area (Å²) in [6, 6.07) is 10.8. The molecule has 2 aromatic carbocycles. The van der Waals surface area contributed by atoms with Crippen molar-refractivity contribution in [3.05, 3.63) is 46.6 Å². The van der Waals surface area contributed by atoms with Crippen LogP contribution in [0.25, 0.3) is 21.9 Å². The molecule has 0 atom stereocenters. The zero-order valence-corrected chi connectivity index (χ0v) is 18.3. The Hall–Kier alpha value is -2.57. The predicted molar refractivity (Wildman–Crippen MR) is 117 cm³/mol. The fraction of sp³-hybridized carbons (Fsp3) is 0.435. The smallest absolute Gasteiger partial charge is 0.200 e. The minimum atomic E-state index is -0.0737. The summed E-state index contributed by atoms with van der Waals surface area (Å²) in [5, 5.41) is 1.03. The molecule has 0 spiro atoms. The lowest BCUT2D eigenvalue weighted by molar-refractivity contribution is -0.870. The van der Waals surface area contributed by atoms with Gasteiger partial charge in [-0.15, -0.1) is 0 Å². The number of fused-ring (bicyclic) bond motifs is 2. The fourth-order valence-electron chi connectivity index (χ4n) is 2.87. The first-order valence-corrected chi connectivity index (χ1v) is 9.89. The molecule has 1 heterocycles. The summed E-state index contributed by atoms with van der Waals surface area (Å²) in [5.41, 5.74) is 1.04. The Morgan fingerprint density at radius 2 is 1.14 bits per heavy atom. The van der Waals surface area contributed by atoms with Gasteiger partial charge in [-0.25, -0.2) is 0 Å². The van der Waals surface area contributed by atoms with Gasteiger partial charge in [0.15, 0.2) is 0 Å². The third-order valence-corrected chi connectivity index (χ3v) is 4.67. The van der Waals surface area contributed by atoms with E-state index in [4.69, 9.17) is 13.9 Å². The van der Waals surface area contributed by atoms with E-state index >= 15 is 0 Å². The Bertz CT molecular complexity index is 978. The molecule has 0 aliphatic heterocycles. The summed E-state index contributed by atoms with van der Waals surface area (Å²) in [5.74, 6) is 1.35. The highest BCUT2D eigenvalue weighted by Crippen LogP contribution is 2.25. The molecule has 29 heavy (non-hydrogen) atoms. The minimum Gasteiger partial charge on any atom is -0.488 e. The van der Waals surface area contributed by atoms with Gasteiger partial charge in [0.05, 0.1) is 53.1 Å². The van der Waals surface area contributed by atoms with Crippen molar-refractivity contribution in [2.75, 3.05) is 68.6 Å². The molecular formula is C23H32N2O4+2. The Morgan fingerprint density at radius 3 is 1.52 bits per heavy atom. The van der Waals surface area contributed by atoms with Gasteiger partial charge in [0.25, 0.3) is 0 Å². The molecule has 6 nitrogen and oxygen atoms in total. The lowest BCUT2D eigenvalue weighted by atomic mass is 10.1. The number of hydrogen-bond donors (Lipinski definition) is 0. The van der Waals surface area contributed by atoms with Crippen LogP contribution in [0.5, 0.6) is 11.5 Å². The lowest BCUT2D eigenvalue weighted by Gasteiger charge is -2.23. The van der Waals surface area contributed by atoms with Crippen LogP contribution in [-0.2, 0) is 0 Å². The van der Waals surface area contributed by atoms with Crippen molar-refractivity contribution in [1.82, 2.24) is 0 Å². The summed E-state index contributed by atoms with van der Waals surface area (Å²) in [6.07, 6.45) is 0. The van der Waals surface area contributed by atoms with E-state index in [0.717, 1.165) is 22.1 Å². The molecule has 0 aliphatic carbocycles. The number of benzene rings is 2. The van der Waals surface area contributed by atoms with Crippen molar-refractivity contribution < 1.29 is 22.9 Å². The van der Waals surface area contributed by atoms with Gasteiger partial charge in [0.2, 0.25) is 5.43 Å². The molecule has 0 saturated carbocycles. The maximum absolute atomic E-state index is 13.1. The summed E-state index contributed by atoms with van der Waals surface area (Å²) in [7, 11) is 12.7. The third kappa shape index (κ3) is 5.71. The molecule has 6 heteroatoms. The van der Waals surface area contributed by atoms with Gasteiger partial charge < -0.3 is 22.9 Å². The molecule has 0 bridgehead atoms. The van der Waals surface area contributed by atoms with Crippen LogP contribution < -0.4 is 14.9 Å². The van der Waals surface area contributed by atoms with E-state index in [1.807, 2.05) is 12.1 Å². The van der Waals surface area contributed by atoms with Crippen LogP contribution in [0.2, 0.25) is 0 Å². The number of quaternary nitrogens is 2. The Morgan fingerprint density at radius 1 is 0.724 bits per heavy atom. The normalized spacial score (nSPS) is 12.5. The summed E-state index contributed by atoms with van der Waals surface area (Å²) < 4.78 is 19.3. The van der Waals surface area contributed by atoms with Gasteiger partial charge in [-0.3, -0.25) is 4.79 Å². The Kier molecular flexibility index (Phi) is 5.87. The Labute approximate surface area is 172 Å². The maximum Gasteiger partial charge on any atom is 0.200 e. The van der Waals surface area contributed by atoms with Gasteiger partial charge in [0, 0.05) is 0 Å². The first kappa shape index (κ1) is 21.1. The number of hydrogen-bond acceptors (Lipinski definition) is 4. The molecule has 3 rings (SSSR count). The topological polar surface area (TPSA) is 48.7 Å². The van der Waals surface area contributed by atoms with E-state index in [0.29, 0.717) is 46.7 Å². The quantitative estimate of drug-likeness (QED) is 0.431. The van der Waals surface area contributed by atoms with Gasteiger partial charge in [0.1, 0.15) is 49.0 Å². The van der Waals surface area contributed by atoms with Crippen LogP contribution in [-0.4, -0.2) is 77.6 Å². The van der Waals surface area contributed by atoms with E-state index in [9.17, 15) is 4.79 Å². The first-order chi connectivity index (χ1) is 13.5. The third-order valence-electron chi connectivity index (χ3n) is 4.67. The molecule has 3 aromatic rings. The Balaban J connectivity index is 1.86. The van der Waals surface area contributed by atoms with Crippen LogP contribution in [0.3, 0.4) is 0 Å². The van der Waals surface area contributed by atoms with E-state index < -0.39 is 0 Å². The van der Waals surface area contributed by atoms with Crippen LogP contribution in [0.4, 0.5) is 0 Å². The largest absolute Gasteiger partial charge is 0.488 e. The number of rotatable bonds is 8. The van der Waals surface area contributed by atoms with E-state index in [2.05, 4.69) is 42.3 Å². The minimum absolute atomic E-state index is 0.0737. The zero-order chi connectivity index (χ0) is 21.2. The molecular weight excluding hydrogens is 368 g/mol. The van der Waals surface area contributed by atoms with Crippen LogP contribution in [0.15, 0.2) is 45.6 Å². The molecule has 0 unspecified atom stereocenters. The van der Waals surface area contributed by atoms with Gasteiger partial charge in [-0.05, 0) is 36.4 Å². The molecule has 1 aromatic heterocycles. The van der Waals surface area contributed by atoms with Crippen molar-refractivity contribution in [3.8, 4) is 11.5 Å². The molecule has 0 saturated heterocycles. The first-order valence-electron chi connectivity index (χ1n) is 9.89. The van der Waals surface area contributed by atoms with Crippen LogP contribution >= 0.6 is 0 Å². The highest BCUT2D eigenvalue weighted by molar-refractivity contribution is 5.90. The predicted octanol–water partition coefficient (Wildman–Crippen LogP) is 3.12. The van der Waals surface area contributed by atoms with Crippen LogP contribution in [0, 0.1) is 0 Å². The fourth-order valence-corrected chi connectivity index (χ4v) is 2.87. The van der Waals surface area contributed by atoms with E-state index in [-0.39, 0.29) is 5.43 Å². The highest BCUT2D eigenvalue weighted by atomic mass is 16.5. The van der Waals surface area contributed by atoms with Crippen molar-refractivity contribution in [1.29, 1.82) is 0 Å². The molecule has 0 fully saturated rings. The SMILES string of the molecule is C[N+](C)(C)CCOc1ccc2oc3ccc(OCC[N+](C)(C)C)cc3c(=O)c2c1. The number of nitrogens with zero attached hydrogens (tertiary/aromatic N) is 2. The molecule has 156 valence electrons. The van der Waals surface area contributed by atoms with Crippen LogP contribution in [0.1, 0.15) is 0 Å². The molecule has 0 amide bonds. The highest BCUT2D eigenvalue weighted by Gasteiger charge is 2.12. The molecule has 0 aliphatic rings. The summed E-state index contributed by atoms with van der Waals surface area (Å²) >= 11 is 0. The monoisotopic (exact) mass is 400 g/mol. The second kappa shape index (κ2) is 8.05. The van der Waals surface area contributed by atoms with E-state index in [1.54, 1.807) is 24.3 Å². The van der Waals surface area contributed by atoms with Gasteiger partial charge >= 0.3 is 0 Å². The molecule has 0 radical (unpaired) electrons. The summed E-state index contributed by atoms with van der Waals surface area (Å²) in [6.45, 7) is 2.91. The number of likely N-dealkylation sites (N-methyl/N-ethyl adjacent to an activating group) is 2. The zero-order valence-electron chi connectivity index (χ0n) is 18.3. The van der Waals surface area contributed by atoms with E-state index in [1.165, 1.54) is 0 Å². The van der Waals surface area contributed by atoms with Crippen molar-refractivity contribution in [2.24, 2.45) is 0 Å². The van der Waals surface area contributed by atoms with Gasteiger partial charge in [-0.2, -0.15) is 0 Å². The van der Waals surface area contributed by atoms with Crippen molar-refractivity contribution in [2.45, 2.75) is 0 Å². The second-order valence-electron chi connectivity index (χ2n) is 9.47. The number of ether oxygens (including phenoxy) is 2. The standard InChI is InChI=1S/C23H32N2O4/c1-24(2,3)11-13-27-17-7-9-21-19(15-17)23(26)20-16-18(8-10-22(20)29-21)28-14-12-25(4,5)6/h7-10,15-16H,11-14H2,1-6H3/q+2.